The van der Waals surface area contributed by atoms with Gasteiger partial charge in [0.25, 0.3) is 0 Å². The number of ether oxygens (including phenoxy) is 4. The van der Waals surface area contributed by atoms with Gasteiger partial charge in [0.2, 0.25) is 0 Å². The number of carbonyl (C=O) groups is 4. The van der Waals surface area contributed by atoms with Gasteiger partial charge in [0.15, 0.2) is 6.07 Å². The number of halogens is 1. The second-order valence-corrected chi connectivity index (χ2v) is 9.65. The molecular weight excluding hydrogens is 528 g/mol. The van der Waals surface area contributed by atoms with Crippen LogP contribution in [0.2, 0.25) is 0 Å². The van der Waals surface area contributed by atoms with Gasteiger partial charge in [-0.25, -0.2) is 19.3 Å². The molecule has 0 saturated heterocycles. The Morgan fingerprint density at radius 1 is 0.718 bits per heavy atom. The molecule has 0 fully saturated rings. The zero-order valence-corrected chi connectivity index (χ0v) is 23.2. The van der Waals surface area contributed by atoms with Crippen LogP contribution in [0, 0.1) is 0 Å². The second-order valence-electron chi connectivity index (χ2n) is 9.43. The smallest absolute Gasteiger partial charge is 0.420 e. The van der Waals surface area contributed by atoms with Crippen molar-refractivity contribution in [2.45, 2.75) is 52.4 Å². The van der Waals surface area contributed by atoms with E-state index in [4.69, 9.17) is 30.5 Å². The highest BCUT2D eigenvalue weighted by molar-refractivity contribution is 6.17. The van der Waals surface area contributed by atoms with Gasteiger partial charge >= 0.3 is 24.2 Å². The number of alkyl halides is 1. The van der Waals surface area contributed by atoms with Gasteiger partial charge in [-0.1, -0.05) is 72.3 Å². The van der Waals surface area contributed by atoms with Gasteiger partial charge in [-0.05, 0) is 38.3 Å². The molecule has 2 rings (SSSR count). The summed E-state index contributed by atoms with van der Waals surface area (Å²) in [6, 6.07) is 17.6. The molecule has 0 N–H and O–H groups in total. The van der Waals surface area contributed by atoms with Crippen LogP contribution < -0.4 is 0 Å². The molecule has 11 heteroatoms. The maximum Gasteiger partial charge on any atom is 0.420 e. The van der Waals surface area contributed by atoms with Crippen molar-refractivity contribution >= 4 is 35.8 Å². The number of hydrogen-bond acceptors (Lipinski definition) is 8. The predicted molar refractivity (Wildman–Crippen MR) is 144 cm³/mol. The Morgan fingerprint density at radius 2 is 1.23 bits per heavy atom. The van der Waals surface area contributed by atoms with Crippen LogP contribution in [-0.2, 0) is 37.0 Å². The number of carbonyl (C=O) groups excluding carboxylic acids is 4. The lowest BCUT2D eigenvalue weighted by Gasteiger charge is -2.26. The zero-order valence-electron chi connectivity index (χ0n) is 22.5. The molecule has 0 atom stereocenters. The van der Waals surface area contributed by atoms with Gasteiger partial charge in [-0.15, -0.1) is 0 Å². The van der Waals surface area contributed by atoms with Crippen LogP contribution in [0.25, 0.3) is 0 Å². The number of amides is 3. The maximum absolute atomic E-state index is 12.9. The van der Waals surface area contributed by atoms with Gasteiger partial charge in [-0.2, -0.15) is 0 Å². The van der Waals surface area contributed by atoms with E-state index in [1.165, 1.54) is 4.90 Å². The van der Waals surface area contributed by atoms with Gasteiger partial charge in [0, 0.05) is 19.5 Å². The summed E-state index contributed by atoms with van der Waals surface area (Å²) >= 11 is 5.52. The van der Waals surface area contributed by atoms with Crippen molar-refractivity contribution in [2.75, 3.05) is 25.7 Å². The third-order valence-electron chi connectivity index (χ3n) is 5.11. The molecule has 0 saturated carbocycles. The molecule has 2 aromatic rings. The monoisotopic (exact) mass is 562 g/mol. The van der Waals surface area contributed by atoms with E-state index in [1.807, 2.05) is 36.4 Å². The molecule has 0 spiro atoms. The lowest BCUT2D eigenvalue weighted by molar-refractivity contribution is -0.155. The number of nitrogens with zero attached hydrogens (tertiary/aromatic N) is 2. The van der Waals surface area contributed by atoms with Gasteiger partial charge in [-0.3, -0.25) is 4.79 Å². The highest BCUT2D eigenvalue weighted by Crippen LogP contribution is 2.11. The van der Waals surface area contributed by atoms with Crippen LogP contribution >= 0.6 is 11.6 Å². The number of benzene rings is 2. The van der Waals surface area contributed by atoms with Gasteiger partial charge < -0.3 is 23.8 Å². The molecule has 0 aliphatic rings. The quantitative estimate of drug-likeness (QED) is 0.183. The van der Waals surface area contributed by atoms with Crippen LogP contribution in [0.5, 0.6) is 0 Å². The van der Waals surface area contributed by atoms with Gasteiger partial charge in [0.05, 0.1) is 6.54 Å². The third-order valence-corrected chi connectivity index (χ3v) is 5.22. The molecule has 212 valence electrons. The van der Waals surface area contributed by atoms with E-state index >= 15 is 0 Å². The summed E-state index contributed by atoms with van der Waals surface area (Å²) in [5.41, 5.74) is 0.885. The van der Waals surface area contributed by atoms with E-state index in [1.54, 1.807) is 45.0 Å². The van der Waals surface area contributed by atoms with Gasteiger partial charge in [0.1, 0.15) is 18.8 Å². The Bertz CT molecular complexity index is 1060. The summed E-state index contributed by atoms with van der Waals surface area (Å²) in [6.07, 6.45) is -2.31. The number of imide groups is 1. The lowest BCUT2D eigenvalue weighted by Crippen LogP contribution is -2.44. The summed E-state index contributed by atoms with van der Waals surface area (Å²) in [6.45, 7) is 5.03. The molecule has 0 radical (unpaired) electrons. The fourth-order valence-electron chi connectivity index (χ4n) is 3.31. The highest BCUT2D eigenvalue weighted by Gasteiger charge is 2.27. The zero-order chi connectivity index (χ0) is 28.7. The van der Waals surface area contributed by atoms with Crippen LogP contribution in [0.4, 0.5) is 14.4 Å². The third kappa shape index (κ3) is 12.5. The molecule has 2 aromatic carbocycles. The maximum atomic E-state index is 12.9. The molecule has 3 amide bonds. The highest BCUT2D eigenvalue weighted by atomic mass is 35.5. The summed E-state index contributed by atoms with van der Waals surface area (Å²) in [5.74, 6) is -0.406. The lowest BCUT2D eigenvalue weighted by atomic mass is 10.2. The van der Waals surface area contributed by atoms with Crippen molar-refractivity contribution in [1.82, 2.24) is 9.80 Å². The van der Waals surface area contributed by atoms with E-state index in [0.29, 0.717) is 0 Å². The SMILES string of the molecule is CC(C)(C)OC(=O)CCCN(CCN(C(=O)OCCl)C(=O)OCc1ccccc1)C(=O)OCc1ccccc1. The fourth-order valence-corrected chi connectivity index (χ4v) is 3.40. The first-order valence-electron chi connectivity index (χ1n) is 12.5. The standard InChI is InChI=1S/C28H35ClN2O8/c1-28(2,3)39-24(32)15-10-16-30(25(33)36-19-22-11-6-4-7-12-22)17-18-31(27(35)38-21-29)26(34)37-20-23-13-8-5-9-14-23/h4-9,11-14H,10,15-21H2,1-3H3. The Kier molecular flexibility index (Phi) is 13.1. The topological polar surface area (TPSA) is 112 Å². The van der Waals surface area contributed by atoms with E-state index in [0.717, 1.165) is 16.0 Å². The van der Waals surface area contributed by atoms with Crippen molar-refractivity contribution in [3.05, 3.63) is 71.8 Å². The van der Waals surface area contributed by atoms with Crippen molar-refractivity contribution in [2.24, 2.45) is 0 Å². The van der Waals surface area contributed by atoms with Crippen LogP contribution in [0.1, 0.15) is 44.7 Å². The van der Waals surface area contributed by atoms with E-state index in [-0.39, 0.29) is 45.7 Å². The minimum Gasteiger partial charge on any atom is -0.460 e. The molecule has 0 aliphatic heterocycles. The predicted octanol–water partition coefficient (Wildman–Crippen LogP) is 5.72. The van der Waals surface area contributed by atoms with Crippen LogP contribution in [0.15, 0.2) is 60.7 Å². The first-order chi connectivity index (χ1) is 18.6. The molecule has 0 heterocycles. The number of rotatable bonds is 12. The average Bonchev–Trinajstić information content (AvgIpc) is 2.90. The van der Waals surface area contributed by atoms with E-state index in [9.17, 15) is 19.2 Å². The Morgan fingerprint density at radius 3 is 1.74 bits per heavy atom. The summed E-state index contributed by atoms with van der Waals surface area (Å²) in [5, 5.41) is 0. The first-order valence-corrected chi connectivity index (χ1v) is 13.0. The van der Waals surface area contributed by atoms with Crippen molar-refractivity contribution in [3.8, 4) is 0 Å². The summed E-state index contributed by atoms with van der Waals surface area (Å²) < 4.78 is 20.8. The Labute approximate surface area is 233 Å². The second kappa shape index (κ2) is 16.2. The number of hydrogen-bond donors (Lipinski definition) is 0. The largest absolute Gasteiger partial charge is 0.460 e. The van der Waals surface area contributed by atoms with Crippen molar-refractivity contribution in [3.63, 3.8) is 0 Å². The van der Waals surface area contributed by atoms with Crippen LogP contribution in [0.3, 0.4) is 0 Å². The summed E-state index contributed by atoms with van der Waals surface area (Å²) in [4.78, 5) is 52.2. The van der Waals surface area contributed by atoms with E-state index in [2.05, 4.69) is 0 Å². The first kappa shape index (κ1) is 31.4. The molecule has 0 unspecified atom stereocenters. The normalized spacial score (nSPS) is 10.8. The Hall–Kier alpha value is -3.79. The summed E-state index contributed by atoms with van der Waals surface area (Å²) in [7, 11) is 0. The Balaban J connectivity index is 2.05. The molecule has 0 bridgehead atoms. The van der Waals surface area contributed by atoms with Crippen molar-refractivity contribution in [1.29, 1.82) is 0 Å². The minimum atomic E-state index is -1.02. The molecular formula is C28H35ClN2O8. The fraction of sp³-hybridized carbons (Fsp3) is 0.429. The minimum absolute atomic E-state index is 0.0271. The number of esters is 1. The molecule has 39 heavy (non-hydrogen) atoms. The molecule has 0 aliphatic carbocycles. The van der Waals surface area contributed by atoms with E-state index < -0.39 is 35.9 Å². The average molecular weight is 563 g/mol. The molecule has 0 aromatic heterocycles. The molecule has 10 nitrogen and oxygen atoms in total. The van der Waals surface area contributed by atoms with Crippen molar-refractivity contribution < 1.29 is 38.1 Å². The van der Waals surface area contributed by atoms with Crippen LogP contribution in [-0.4, -0.2) is 65.4 Å².